The second-order valence-corrected chi connectivity index (χ2v) is 10.1. The fraction of sp³-hybridized carbons (Fsp3) is 0.577. The number of hydrogen-bond acceptors (Lipinski definition) is 9. The smallest absolute Gasteiger partial charge is 0.351 e. The molecule has 4 N–H and O–H groups in total. The second kappa shape index (κ2) is 16.4. The molecule has 0 amide bonds. The zero-order chi connectivity index (χ0) is 25.4. The van der Waals surface area contributed by atoms with Gasteiger partial charge < -0.3 is 25.8 Å². The number of nitrogens with two attached hydrogens (primary N) is 1. The minimum absolute atomic E-state index is 0.181. The van der Waals surface area contributed by atoms with Crippen LogP contribution in [0.5, 0.6) is 0 Å². The fourth-order valence-corrected chi connectivity index (χ4v) is 4.87. The summed E-state index contributed by atoms with van der Waals surface area (Å²) in [6.07, 6.45) is 8.03. The van der Waals surface area contributed by atoms with E-state index in [-0.39, 0.29) is 23.8 Å². The molecule has 2 aromatic rings. The number of thioether (sulfide) groups is 1. The first kappa shape index (κ1) is 28.2. The second-order valence-electron chi connectivity index (χ2n) is 8.86. The van der Waals surface area contributed by atoms with Crippen LogP contribution < -0.4 is 22.1 Å². The highest BCUT2D eigenvalue weighted by Crippen LogP contribution is 2.31. The van der Waals surface area contributed by atoms with Crippen LogP contribution in [0.15, 0.2) is 47.4 Å². The summed E-state index contributed by atoms with van der Waals surface area (Å²) >= 11 is 1.52. The molecule has 0 radical (unpaired) electrons. The monoisotopic (exact) mass is 517 g/mol. The van der Waals surface area contributed by atoms with E-state index in [0.29, 0.717) is 12.2 Å². The molecule has 0 unspecified atom stereocenters. The van der Waals surface area contributed by atoms with Crippen LogP contribution in [0.4, 0.5) is 5.82 Å². The molecule has 10 heteroatoms. The summed E-state index contributed by atoms with van der Waals surface area (Å²) in [7, 11) is 0. The maximum Gasteiger partial charge on any atom is 0.351 e. The first-order valence-electron chi connectivity index (χ1n) is 12.8. The predicted octanol–water partition coefficient (Wildman–Crippen LogP) is 3.07. The molecular weight excluding hydrogens is 478 g/mol. The van der Waals surface area contributed by atoms with Gasteiger partial charge in [-0.05, 0) is 56.9 Å². The van der Waals surface area contributed by atoms with Crippen molar-refractivity contribution in [3.05, 3.63) is 58.6 Å². The van der Waals surface area contributed by atoms with Crippen molar-refractivity contribution >= 4 is 23.5 Å². The quantitative estimate of drug-likeness (QED) is 0.215. The molecule has 1 aromatic heterocycles. The van der Waals surface area contributed by atoms with Gasteiger partial charge in [0.1, 0.15) is 24.1 Å². The van der Waals surface area contributed by atoms with E-state index in [4.69, 9.17) is 15.2 Å². The van der Waals surface area contributed by atoms with Crippen molar-refractivity contribution in [1.82, 2.24) is 20.2 Å². The van der Waals surface area contributed by atoms with Crippen LogP contribution in [0.3, 0.4) is 0 Å². The van der Waals surface area contributed by atoms with Crippen LogP contribution in [-0.2, 0) is 20.8 Å². The fourth-order valence-electron chi connectivity index (χ4n) is 3.88. The Labute approximate surface area is 217 Å². The highest BCUT2D eigenvalue weighted by Gasteiger charge is 2.29. The molecule has 0 saturated carbocycles. The molecule has 9 nitrogen and oxygen atoms in total. The summed E-state index contributed by atoms with van der Waals surface area (Å²) in [5, 5.41) is 6.97. The summed E-state index contributed by atoms with van der Waals surface area (Å²) in [4.78, 5) is 27.7. The van der Waals surface area contributed by atoms with Crippen LogP contribution in [0.25, 0.3) is 0 Å². The third-order valence-electron chi connectivity index (χ3n) is 5.89. The number of aromatic nitrogens is 2. The standard InChI is InChI=1S/C26H39N5O4S/c27-22-13-17-31(26(33)30-22)23-20-36-25(35-23)19-34-24(32)12-6-2-7-14-28-15-8-3-9-16-29-18-21-10-4-1-5-11-21/h1,4-5,10-11,13,17,23,25,28-29H,2-3,6-9,12,14-16,18-20H2,(H2,27,30,33)/t23-,25+/m0/s1. The maximum absolute atomic E-state index is 12.0. The first-order valence-corrected chi connectivity index (χ1v) is 13.9. The van der Waals surface area contributed by atoms with Gasteiger partial charge in [0.15, 0.2) is 0 Å². The molecule has 1 fully saturated rings. The molecular formula is C26H39N5O4S. The molecule has 0 bridgehead atoms. The van der Waals surface area contributed by atoms with Gasteiger partial charge in [0.25, 0.3) is 0 Å². The molecule has 1 saturated heterocycles. The molecule has 2 atom stereocenters. The van der Waals surface area contributed by atoms with Crippen LogP contribution in [0, 0.1) is 0 Å². The van der Waals surface area contributed by atoms with E-state index in [2.05, 4.69) is 39.9 Å². The van der Waals surface area contributed by atoms with E-state index in [9.17, 15) is 9.59 Å². The van der Waals surface area contributed by atoms with Crippen LogP contribution in [-0.4, -0.2) is 53.0 Å². The van der Waals surface area contributed by atoms with Crippen molar-refractivity contribution in [2.75, 3.05) is 37.7 Å². The number of carbonyl (C=O) groups is 1. The third kappa shape index (κ3) is 10.7. The van der Waals surface area contributed by atoms with Gasteiger partial charge in [-0.3, -0.25) is 9.36 Å². The van der Waals surface area contributed by atoms with Gasteiger partial charge in [-0.25, -0.2) is 4.79 Å². The zero-order valence-electron chi connectivity index (χ0n) is 20.9. The van der Waals surface area contributed by atoms with Gasteiger partial charge in [0, 0.05) is 24.9 Å². The number of esters is 1. The van der Waals surface area contributed by atoms with Gasteiger partial charge in [-0.1, -0.05) is 43.2 Å². The minimum Gasteiger partial charge on any atom is -0.462 e. The Morgan fingerprint density at radius 2 is 1.78 bits per heavy atom. The topological polar surface area (TPSA) is 121 Å². The van der Waals surface area contributed by atoms with Crippen molar-refractivity contribution in [3.8, 4) is 0 Å². The average molecular weight is 518 g/mol. The summed E-state index contributed by atoms with van der Waals surface area (Å²) in [6.45, 7) is 4.19. The number of nitrogens with zero attached hydrogens (tertiary/aromatic N) is 2. The Kier molecular flexibility index (Phi) is 12.8. The van der Waals surface area contributed by atoms with E-state index < -0.39 is 11.9 Å². The van der Waals surface area contributed by atoms with Crippen LogP contribution >= 0.6 is 11.8 Å². The van der Waals surface area contributed by atoms with Gasteiger partial charge in [-0.2, -0.15) is 4.98 Å². The van der Waals surface area contributed by atoms with E-state index in [1.807, 2.05) is 6.07 Å². The molecule has 3 rings (SSSR count). The van der Waals surface area contributed by atoms with Gasteiger partial charge in [0.05, 0.1) is 0 Å². The van der Waals surface area contributed by atoms with Crippen molar-refractivity contribution < 1.29 is 14.3 Å². The van der Waals surface area contributed by atoms with E-state index in [1.54, 1.807) is 12.3 Å². The lowest BCUT2D eigenvalue weighted by Crippen LogP contribution is -2.29. The van der Waals surface area contributed by atoms with E-state index in [1.165, 1.54) is 41.2 Å². The number of carbonyl (C=O) groups excluding carboxylic acids is 1. The Hall–Kier alpha value is -2.40. The SMILES string of the molecule is Nc1ccn([C@@H]2CS[C@H](COC(=O)CCCCCNCCCCCNCc3ccccc3)O2)c(=O)n1. The lowest BCUT2D eigenvalue weighted by molar-refractivity contribution is -0.147. The molecule has 2 heterocycles. The first-order chi connectivity index (χ1) is 17.6. The summed E-state index contributed by atoms with van der Waals surface area (Å²) in [5.41, 5.74) is 6.12. The van der Waals surface area contributed by atoms with Gasteiger partial charge >= 0.3 is 11.7 Å². The number of nitrogens with one attached hydrogen (secondary N) is 2. The Balaban J connectivity index is 1.10. The number of nitrogen functional groups attached to an aromatic ring is 1. The zero-order valence-corrected chi connectivity index (χ0v) is 21.7. The Morgan fingerprint density at radius 3 is 2.53 bits per heavy atom. The Bertz CT molecular complexity index is 959. The predicted molar refractivity (Wildman–Crippen MR) is 144 cm³/mol. The highest BCUT2D eigenvalue weighted by molar-refractivity contribution is 8.00. The number of rotatable bonds is 17. The van der Waals surface area contributed by atoms with Crippen molar-refractivity contribution in [2.24, 2.45) is 0 Å². The highest BCUT2D eigenvalue weighted by atomic mass is 32.2. The molecule has 198 valence electrons. The van der Waals surface area contributed by atoms with Crippen molar-refractivity contribution in [3.63, 3.8) is 0 Å². The Morgan fingerprint density at radius 1 is 1.06 bits per heavy atom. The number of hydrogen-bond donors (Lipinski definition) is 3. The van der Waals surface area contributed by atoms with Crippen LogP contribution in [0.1, 0.15) is 56.7 Å². The summed E-state index contributed by atoms with van der Waals surface area (Å²) in [6, 6.07) is 12.0. The van der Waals surface area contributed by atoms with Gasteiger partial charge in [-0.15, -0.1) is 11.8 Å². The molecule has 1 aliphatic rings. The summed E-state index contributed by atoms with van der Waals surface area (Å²) < 4.78 is 12.6. The largest absolute Gasteiger partial charge is 0.462 e. The van der Waals surface area contributed by atoms with E-state index >= 15 is 0 Å². The molecule has 1 aromatic carbocycles. The number of benzene rings is 1. The normalized spacial score (nSPS) is 17.3. The lowest BCUT2D eigenvalue weighted by Gasteiger charge is -2.14. The average Bonchev–Trinajstić information content (AvgIpc) is 3.35. The summed E-state index contributed by atoms with van der Waals surface area (Å²) in [5.74, 6) is 0.565. The number of ether oxygens (including phenoxy) is 2. The molecule has 0 spiro atoms. The molecule has 36 heavy (non-hydrogen) atoms. The lowest BCUT2D eigenvalue weighted by atomic mass is 10.2. The van der Waals surface area contributed by atoms with Gasteiger partial charge in [0.2, 0.25) is 0 Å². The van der Waals surface area contributed by atoms with Crippen molar-refractivity contribution in [1.29, 1.82) is 0 Å². The molecule has 0 aliphatic carbocycles. The van der Waals surface area contributed by atoms with E-state index in [0.717, 1.165) is 45.4 Å². The van der Waals surface area contributed by atoms with Crippen molar-refractivity contribution in [2.45, 2.75) is 63.2 Å². The third-order valence-corrected chi connectivity index (χ3v) is 6.99. The number of anilines is 1. The number of unbranched alkanes of at least 4 members (excludes halogenated alkanes) is 4. The maximum atomic E-state index is 12.0. The molecule has 1 aliphatic heterocycles. The van der Waals surface area contributed by atoms with Crippen LogP contribution in [0.2, 0.25) is 0 Å². The minimum atomic E-state index is -0.445.